The highest BCUT2D eigenvalue weighted by atomic mass is 32.2. The van der Waals surface area contributed by atoms with Crippen molar-refractivity contribution in [3.05, 3.63) is 53.6 Å². The van der Waals surface area contributed by atoms with Gasteiger partial charge in [-0.2, -0.15) is 4.31 Å². The normalized spacial score (nSPS) is 18.1. The summed E-state index contributed by atoms with van der Waals surface area (Å²) in [5, 5.41) is 3.21. The summed E-state index contributed by atoms with van der Waals surface area (Å²) < 4.78 is 38.8. The van der Waals surface area contributed by atoms with Gasteiger partial charge in [0, 0.05) is 30.6 Å². The molecule has 1 aliphatic rings. The molecule has 2 atom stereocenters. The maximum Gasteiger partial charge on any atom is 0.251 e. The van der Waals surface area contributed by atoms with Gasteiger partial charge in [0.1, 0.15) is 0 Å². The molecule has 1 fully saturated rings. The molecule has 0 bridgehead atoms. The van der Waals surface area contributed by atoms with Gasteiger partial charge in [-0.1, -0.05) is 32.8 Å². The minimum absolute atomic E-state index is 0.0119. The van der Waals surface area contributed by atoms with Crippen LogP contribution in [0.5, 0.6) is 11.5 Å². The molecule has 7 nitrogen and oxygen atoms in total. The highest BCUT2D eigenvalue weighted by Crippen LogP contribution is 2.37. The zero-order valence-electron chi connectivity index (χ0n) is 22.0. The molecule has 0 heterocycles. The number of ether oxygens (including phenoxy) is 2. The standard InChI is InChI=1S/C28H40N2O5S/c1-5-18-30(19-6-2)36(32,33)23-15-12-21(13-16-23)28(31)29-25-11-9-8-10-24(25)22-14-17-26(34-4)27(20-22)35-7-3/h12-17,20,24-25H,5-11,18-19H2,1-4H3,(H,29,31)/t24-,25-/m1/s1. The fourth-order valence-electron chi connectivity index (χ4n) is 4.92. The Morgan fingerprint density at radius 3 is 2.25 bits per heavy atom. The van der Waals surface area contributed by atoms with Gasteiger partial charge in [-0.3, -0.25) is 4.79 Å². The lowest BCUT2D eigenvalue weighted by molar-refractivity contribution is 0.0920. The number of rotatable bonds is 12. The second kappa shape index (κ2) is 13.1. The minimum Gasteiger partial charge on any atom is -0.493 e. The van der Waals surface area contributed by atoms with Gasteiger partial charge in [0.05, 0.1) is 18.6 Å². The van der Waals surface area contributed by atoms with Crippen LogP contribution in [0, 0.1) is 0 Å². The van der Waals surface area contributed by atoms with Crippen molar-refractivity contribution in [1.82, 2.24) is 9.62 Å². The molecule has 8 heteroatoms. The number of nitrogens with one attached hydrogen (secondary N) is 1. The highest BCUT2D eigenvalue weighted by Gasteiger charge is 2.29. The number of methoxy groups -OCH3 is 1. The van der Waals surface area contributed by atoms with Gasteiger partial charge < -0.3 is 14.8 Å². The smallest absolute Gasteiger partial charge is 0.251 e. The van der Waals surface area contributed by atoms with Crippen molar-refractivity contribution in [2.75, 3.05) is 26.8 Å². The van der Waals surface area contributed by atoms with Crippen molar-refractivity contribution in [2.45, 2.75) is 76.2 Å². The number of hydrogen-bond donors (Lipinski definition) is 1. The molecule has 0 aliphatic heterocycles. The van der Waals surface area contributed by atoms with Gasteiger partial charge in [-0.25, -0.2) is 8.42 Å². The molecule has 1 aliphatic carbocycles. The van der Waals surface area contributed by atoms with Crippen LogP contribution in [0.15, 0.2) is 47.4 Å². The Balaban J connectivity index is 1.76. The van der Waals surface area contributed by atoms with Crippen molar-refractivity contribution in [2.24, 2.45) is 0 Å². The van der Waals surface area contributed by atoms with Crippen molar-refractivity contribution < 1.29 is 22.7 Å². The summed E-state index contributed by atoms with van der Waals surface area (Å²) in [6.45, 7) is 7.39. The van der Waals surface area contributed by atoms with Gasteiger partial charge in [0.2, 0.25) is 10.0 Å². The topological polar surface area (TPSA) is 84.9 Å². The van der Waals surface area contributed by atoms with Crippen molar-refractivity contribution in [1.29, 1.82) is 0 Å². The summed E-state index contributed by atoms with van der Waals surface area (Å²) in [6.07, 6.45) is 5.53. The fourth-order valence-corrected chi connectivity index (χ4v) is 6.55. The van der Waals surface area contributed by atoms with E-state index in [0.717, 1.165) is 44.1 Å². The lowest BCUT2D eigenvalue weighted by Gasteiger charge is -2.33. The van der Waals surface area contributed by atoms with Gasteiger partial charge in [0.25, 0.3) is 5.91 Å². The quantitative estimate of drug-likeness (QED) is 0.410. The predicted octanol–water partition coefficient (Wildman–Crippen LogP) is 5.36. The van der Waals surface area contributed by atoms with Crippen LogP contribution in [-0.4, -0.2) is 51.5 Å². The summed E-state index contributed by atoms with van der Waals surface area (Å²) in [5.41, 5.74) is 1.58. The minimum atomic E-state index is -3.57. The van der Waals surface area contributed by atoms with Crippen LogP contribution in [0.3, 0.4) is 0 Å². The molecule has 3 rings (SSSR count). The Morgan fingerprint density at radius 1 is 0.972 bits per heavy atom. The second-order valence-electron chi connectivity index (χ2n) is 9.24. The molecule has 0 spiro atoms. The van der Waals surface area contributed by atoms with Crippen LogP contribution in [-0.2, 0) is 10.0 Å². The molecule has 0 radical (unpaired) electrons. The lowest BCUT2D eigenvalue weighted by atomic mass is 9.79. The first-order valence-electron chi connectivity index (χ1n) is 13.1. The maximum absolute atomic E-state index is 13.1. The lowest BCUT2D eigenvalue weighted by Crippen LogP contribution is -2.41. The highest BCUT2D eigenvalue weighted by molar-refractivity contribution is 7.89. The van der Waals surface area contributed by atoms with Gasteiger partial charge in [-0.15, -0.1) is 0 Å². The fraction of sp³-hybridized carbons (Fsp3) is 0.536. The monoisotopic (exact) mass is 516 g/mol. The zero-order chi connectivity index (χ0) is 26.1. The average molecular weight is 517 g/mol. The van der Waals surface area contributed by atoms with Crippen molar-refractivity contribution >= 4 is 15.9 Å². The van der Waals surface area contributed by atoms with Crippen LogP contribution in [0.4, 0.5) is 0 Å². The van der Waals surface area contributed by atoms with Gasteiger partial charge in [0.15, 0.2) is 11.5 Å². The largest absolute Gasteiger partial charge is 0.493 e. The summed E-state index contributed by atoms with van der Waals surface area (Å²) in [5.74, 6) is 1.39. The summed E-state index contributed by atoms with van der Waals surface area (Å²) in [7, 11) is -1.95. The first kappa shape index (κ1) is 28.0. The second-order valence-corrected chi connectivity index (χ2v) is 11.2. The zero-order valence-corrected chi connectivity index (χ0v) is 22.8. The Bertz CT molecular complexity index is 1100. The van der Waals surface area contributed by atoms with E-state index in [2.05, 4.69) is 11.4 Å². The third kappa shape index (κ3) is 6.59. The van der Waals surface area contributed by atoms with Crippen LogP contribution >= 0.6 is 0 Å². The molecule has 2 aromatic carbocycles. The number of benzene rings is 2. The molecular weight excluding hydrogens is 476 g/mol. The Labute approximate surface area is 216 Å². The number of carbonyl (C=O) groups is 1. The maximum atomic E-state index is 13.1. The molecule has 198 valence electrons. The van der Waals surface area contributed by atoms with E-state index in [0.29, 0.717) is 36.8 Å². The van der Waals surface area contributed by atoms with E-state index in [1.54, 1.807) is 31.4 Å². The van der Waals surface area contributed by atoms with E-state index in [4.69, 9.17) is 9.47 Å². The molecule has 0 aromatic heterocycles. The Morgan fingerprint density at radius 2 is 1.64 bits per heavy atom. The van der Waals surface area contributed by atoms with Crippen LogP contribution in [0.25, 0.3) is 0 Å². The van der Waals surface area contributed by atoms with E-state index >= 15 is 0 Å². The molecule has 0 unspecified atom stereocenters. The Hall–Kier alpha value is -2.58. The number of hydrogen-bond acceptors (Lipinski definition) is 5. The summed E-state index contributed by atoms with van der Waals surface area (Å²) >= 11 is 0. The molecule has 1 amide bonds. The summed E-state index contributed by atoms with van der Waals surface area (Å²) in [6, 6.07) is 12.3. The third-order valence-corrected chi connectivity index (χ3v) is 8.61. The molecule has 2 aromatic rings. The van der Waals surface area contributed by atoms with Gasteiger partial charge in [-0.05, 0) is 74.6 Å². The Kier molecular flexibility index (Phi) is 10.2. The molecule has 1 N–H and O–H groups in total. The van der Waals surface area contributed by atoms with Crippen molar-refractivity contribution in [3.8, 4) is 11.5 Å². The molecule has 1 saturated carbocycles. The predicted molar refractivity (Wildman–Crippen MR) is 142 cm³/mol. The number of nitrogens with zero attached hydrogens (tertiary/aromatic N) is 1. The van der Waals surface area contributed by atoms with Gasteiger partial charge >= 0.3 is 0 Å². The SMILES string of the molecule is CCCN(CCC)S(=O)(=O)c1ccc(C(=O)N[C@@H]2CCCC[C@@H]2c2ccc(OC)c(OCC)c2)cc1. The number of sulfonamides is 1. The third-order valence-electron chi connectivity index (χ3n) is 6.70. The number of amides is 1. The summed E-state index contributed by atoms with van der Waals surface area (Å²) in [4.78, 5) is 13.4. The molecule has 0 saturated heterocycles. The van der Waals surface area contributed by atoms with E-state index in [1.807, 2.05) is 32.9 Å². The molecule has 36 heavy (non-hydrogen) atoms. The van der Waals surface area contributed by atoms with E-state index in [-0.39, 0.29) is 22.8 Å². The van der Waals surface area contributed by atoms with E-state index in [1.165, 1.54) is 4.31 Å². The first-order chi connectivity index (χ1) is 17.3. The van der Waals surface area contributed by atoms with Crippen LogP contribution < -0.4 is 14.8 Å². The van der Waals surface area contributed by atoms with E-state index in [9.17, 15) is 13.2 Å². The van der Waals surface area contributed by atoms with Crippen LogP contribution in [0.1, 0.15) is 81.1 Å². The van der Waals surface area contributed by atoms with Crippen molar-refractivity contribution in [3.63, 3.8) is 0 Å². The number of carbonyl (C=O) groups excluding carboxylic acids is 1. The van der Waals surface area contributed by atoms with E-state index < -0.39 is 10.0 Å². The molecular formula is C28H40N2O5S. The van der Waals surface area contributed by atoms with Crippen LogP contribution in [0.2, 0.25) is 0 Å². The first-order valence-corrected chi connectivity index (χ1v) is 14.5. The average Bonchev–Trinajstić information content (AvgIpc) is 2.89.